The number of alkyl halides is 1. The molecule has 0 nitrogen and oxygen atoms in total. The minimum atomic E-state index is -2.55. The third-order valence-corrected chi connectivity index (χ3v) is 19.4. The van der Waals surface area contributed by atoms with Crippen LogP contribution >= 0.6 is 26.1 Å². The van der Waals surface area contributed by atoms with Crippen molar-refractivity contribution in [3.63, 3.8) is 0 Å². The Balaban J connectivity index is 1.56. The molecule has 0 aliphatic carbocycles. The number of halogens is 1. The van der Waals surface area contributed by atoms with E-state index in [4.69, 9.17) is 11.6 Å². The van der Waals surface area contributed by atoms with Crippen molar-refractivity contribution in [1.82, 2.24) is 0 Å². The Morgan fingerprint density at radius 1 is 0.345 bits per heavy atom. The van der Waals surface area contributed by atoms with Crippen LogP contribution in [0.4, 0.5) is 0 Å². The van der Waals surface area contributed by atoms with Gasteiger partial charge in [0.1, 0.15) is 57.5 Å². The van der Waals surface area contributed by atoms with E-state index in [1.165, 1.54) is 53.8 Å². The average Bonchev–Trinajstić information content (AvgIpc) is 3.28. The van der Waals surface area contributed by atoms with Crippen molar-refractivity contribution in [2.75, 3.05) is 0 Å². The van der Waals surface area contributed by atoms with Crippen LogP contribution in [0.5, 0.6) is 0 Å². The summed E-state index contributed by atoms with van der Waals surface area (Å²) >= 11 is 6.64. The highest BCUT2D eigenvalue weighted by atomic mass is 35.5. The molecule has 0 radical (unpaired) electrons. The fourth-order valence-electron chi connectivity index (χ4n) is 8.07. The summed E-state index contributed by atoms with van der Waals surface area (Å²) in [6.45, 7) is 0. The van der Waals surface area contributed by atoms with Crippen LogP contribution in [-0.2, 0) is 12.3 Å². The Hall–Kier alpha value is -5.35. The van der Waals surface area contributed by atoms with Crippen LogP contribution < -0.4 is 31.8 Å². The van der Waals surface area contributed by atoms with Gasteiger partial charge in [-0.3, -0.25) is 0 Å². The fourth-order valence-corrected chi connectivity index (χ4v) is 17.5. The molecular weight excluding hydrogens is 722 g/mol. The molecule has 3 heteroatoms. The quantitative estimate of drug-likeness (QED) is 0.0858. The Morgan fingerprint density at radius 2 is 0.636 bits per heavy atom. The lowest BCUT2D eigenvalue weighted by Crippen LogP contribution is -2.35. The van der Waals surface area contributed by atoms with Gasteiger partial charge in [0.15, 0.2) is 0 Å². The molecule has 0 saturated carbocycles. The van der Waals surface area contributed by atoms with E-state index in [1.54, 1.807) is 0 Å². The predicted molar refractivity (Wildman–Crippen MR) is 244 cm³/mol. The van der Waals surface area contributed by atoms with Crippen LogP contribution in [0.25, 0.3) is 11.1 Å². The fraction of sp³-hybridized carbons (Fsp3) is 0.0385. The van der Waals surface area contributed by atoms with Gasteiger partial charge in [-0.15, -0.1) is 11.6 Å². The molecule has 0 aliphatic rings. The lowest BCUT2D eigenvalue weighted by atomic mass is 9.94. The largest absolute Gasteiger partial charge is 0.143 e. The maximum Gasteiger partial charge on any atom is 0.143 e. The summed E-state index contributed by atoms with van der Waals surface area (Å²) in [5.41, 5.74) is 4.83. The molecule has 0 aliphatic heterocycles. The first-order valence-corrected chi connectivity index (χ1v) is 23.0. The molecule has 0 spiro atoms. The van der Waals surface area contributed by atoms with Gasteiger partial charge >= 0.3 is 0 Å². The summed E-state index contributed by atoms with van der Waals surface area (Å²) in [5.74, 6) is 3.23. The van der Waals surface area contributed by atoms with Crippen LogP contribution in [0, 0.1) is 0 Å². The number of allylic oxidation sites excluding steroid dienone is 1. The summed E-state index contributed by atoms with van der Waals surface area (Å²) in [6, 6.07) is 85.2. The third kappa shape index (κ3) is 7.15. The first-order valence-electron chi connectivity index (χ1n) is 18.8. The van der Waals surface area contributed by atoms with Crippen molar-refractivity contribution >= 4 is 58.0 Å². The molecule has 8 aromatic rings. The van der Waals surface area contributed by atoms with Gasteiger partial charge in [0, 0.05) is 12.3 Å². The minimum absolute atomic E-state index is 0.451. The molecule has 0 aromatic heterocycles. The van der Waals surface area contributed by atoms with Gasteiger partial charge in [-0.1, -0.05) is 158 Å². The lowest BCUT2D eigenvalue weighted by Gasteiger charge is -2.32. The molecule has 8 rings (SSSR count). The molecule has 0 saturated heterocycles. The summed E-state index contributed by atoms with van der Waals surface area (Å²) in [4.78, 5) is 0. The van der Waals surface area contributed by atoms with E-state index in [1.807, 2.05) is 0 Å². The maximum absolute atomic E-state index is 6.64. The Labute approximate surface area is 332 Å². The lowest BCUT2D eigenvalue weighted by molar-refractivity contribution is 1.24. The van der Waals surface area contributed by atoms with Gasteiger partial charge < -0.3 is 0 Å². The second kappa shape index (κ2) is 17.0. The molecule has 8 aromatic carbocycles. The van der Waals surface area contributed by atoms with Crippen molar-refractivity contribution in [2.24, 2.45) is 0 Å². The van der Waals surface area contributed by atoms with E-state index in [-0.39, 0.29) is 0 Å². The normalized spacial score (nSPS) is 12.0. The predicted octanol–water partition coefficient (Wildman–Crippen LogP) is 11.5. The summed E-state index contributed by atoms with van der Waals surface area (Å²) in [7, 11) is -5.02. The highest BCUT2D eigenvalue weighted by Crippen LogP contribution is 2.68. The molecule has 0 bridgehead atoms. The van der Waals surface area contributed by atoms with E-state index in [0.29, 0.717) is 5.88 Å². The Kier molecular flexibility index (Phi) is 11.3. The van der Waals surface area contributed by atoms with Gasteiger partial charge in [0.05, 0.1) is 0 Å². The molecular formula is C52H43ClP2+2. The minimum Gasteiger partial charge on any atom is -0.122 e. The summed E-state index contributed by atoms with van der Waals surface area (Å²) in [5, 5.41) is 9.43. The molecule has 266 valence electrons. The Morgan fingerprint density at radius 3 is 1.00 bits per heavy atom. The monoisotopic (exact) mass is 764 g/mol. The van der Waals surface area contributed by atoms with E-state index in [9.17, 15) is 0 Å². The number of benzene rings is 8. The molecule has 0 amide bonds. The van der Waals surface area contributed by atoms with Crippen molar-refractivity contribution in [3.05, 3.63) is 253 Å². The van der Waals surface area contributed by atoms with Gasteiger partial charge in [-0.2, -0.15) is 0 Å². The number of rotatable bonds is 12. The SMILES string of the molecule is ClCc1ccccc1-c1ccccc1C/C(=C/[P+](c1ccccc1)(c1ccccc1)c1ccccc1)[P+](c1ccccc1)(c1ccccc1)c1ccccc1. The molecule has 0 unspecified atom stereocenters. The zero-order valence-electron chi connectivity index (χ0n) is 30.7. The van der Waals surface area contributed by atoms with E-state index in [2.05, 4.69) is 236 Å². The highest BCUT2D eigenvalue weighted by molar-refractivity contribution is 8.02. The van der Waals surface area contributed by atoms with Gasteiger partial charge in [-0.25, -0.2) is 0 Å². The third-order valence-electron chi connectivity index (χ3n) is 10.5. The zero-order chi connectivity index (χ0) is 37.3. The van der Waals surface area contributed by atoms with Crippen molar-refractivity contribution in [2.45, 2.75) is 12.3 Å². The van der Waals surface area contributed by atoms with Crippen LogP contribution in [-0.4, -0.2) is 0 Å². The van der Waals surface area contributed by atoms with Gasteiger partial charge in [0.2, 0.25) is 0 Å². The van der Waals surface area contributed by atoms with Crippen LogP contribution in [0.2, 0.25) is 0 Å². The first kappa shape index (κ1) is 36.6. The second-order valence-corrected chi connectivity index (χ2v) is 20.6. The molecule has 55 heavy (non-hydrogen) atoms. The summed E-state index contributed by atoms with van der Waals surface area (Å²) in [6.07, 6.45) is 0.744. The van der Waals surface area contributed by atoms with Crippen molar-refractivity contribution < 1.29 is 0 Å². The van der Waals surface area contributed by atoms with E-state index >= 15 is 0 Å². The Bertz CT molecular complexity index is 2270. The van der Waals surface area contributed by atoms with Crippen molar-refractivity contribution in [3.8, 4) is 11.1 Å². The average molecular weight is 765 g/mol. The number of hydrogen-bond acceptors (Lipinski definition) is 0. The van der Waals surface area contributed by atoms with Crippen molar-refractivity contribution in [1.29, 1.82) is 0 Å². The first-order chi connectivity index (χ1) is 27.2. The zero-order valence-corrected chi connectivity index (χ0v) is 33.2. The van der Waals surface area contributed by atoms with Gasteiger partial charge in [0.25, 0.3) is 0 Å². The van der Waals surface area contributed by atoms with Gasteiger partial charge in [-0.05, 0) is 95.1 Å². The van der Waals surface area contributed by atoms with Crippen LogP contribution in [0.1, 0.15) is 11.1 Å². The molecule has 0 atom stereocenters. The second-order valence-electron chi connectivity index (χ2n) is 13.7. The molecule has 0 fully saturated rings. The number of hydrogen-bond donors (Lipinski definition) is 0. The molecule has 0 N–H and O–H groups in total. The standard InChI is InChI=1S/C52H43ClP2/c53-40-43-24-20-22-38-52(43)51-37-21-19-23-42(51)39-50(55(47-31-13-4-14-32-47,48-33-15-5-16-34-48)49-35-17-6-18-36-49)41-54(44-25-7-1-8-26-44,45-27-9-2-10-28-45)46-29-11-3-12-30-46/h1-38,41H,39-40H2/q+2/b50-41-. The summed E-state index contributed by atoms with van der Waals surface area (Å²) < 4.78 is 0. The topological polar surface area (TPSA) is 0 Å². The maximum atomic E-state index is 6.64. The van der Waals surface area contributed by atoms with Crippen LogP contribution in [0.15, 0.2) is 242 Å². The van der Waals surface area contributed by atoms with E-state index < -0.39 is 14.5 Å². The van der Waals surface area contributed by atoms with E-state index in [0.717, 1.165) is 12.0 Å². The smallest absolute Gasteiger partial charge is 0.122 e. The molecule has 0 heterocycles. The highest BCUT2D eigenvalue weighted by Gasteiger charge is 2.54. The van der Waals surface area contributed by atoms with Crippen LogP contribution in [0.3, 0.4) is 0 Å².